The van der Waals surface area contributed by atoms with Gasteiger partial charge in [-0.1, -0.05) is 46.4 Å². The fourth-order valence-electron chi connectivity index (χ4n) is 1.58. The highest BCUT2D eigenvalue weighted by molar-refractivity contribution is 6.52. The maximum Gasteiger partial charge on any atom is 0.200 e. The van der Waals surface area contributed by atoms with Gasteiger partial charge in [0.25, 0.3) is 0 Å². The monoisotopic (exact) mass is 410 g/mol. The second kappa shape index (κ2) is 6.89. The van der Waals surface area contributed by atoms with Crippen molar-refractivity contribution in [3.05, 3.63) is 60.8 Å². The van der Waals surface area contributed by atoms with Gasteiger partial charge in [-0.25, -0.2) is 22.0 Å². The molecule has 0 heterocycles. The Balaban J connectivity index is 2.40. The molecule has 2 aromatic carbocycles. The second-order valence-electron chi connectivity index (χ2n) is 4.14. The van der Waals surface area contributed by atoms with Crippen LogP contribution in [0.5, 0.6) is 5.75 Å². The second-order valence-corrected chi connectivity index (χ2v) is 5.68. The van der Waals surface area contributed by atoms with E-state index in [0.29, 0.717) is 0 Å². The lowest BCUT2D eigenvalue weighted by Crippen LogP contribution is -2.10. The molecule has 0 atom stereocenters. The quantitative estimate of drug-likeness (QED) is 0.315. The van der Waals surface area contributed by atoms with E-state index in [2.05, 4.69) is 0 Å². The summed E-state index contributed by atoms with van der Waals surface area (Å²) in [5, 5.41) is -0.575. The van der Waals surface area contributed by atoms with E-state index in [1.54, 1.807) is 0 Å². The fourth-order valence-corrected chi connectivity index (χ4v) is 2.42. The predicted molar refractivity (Wildman–Crippen MR) is 77.0 cm³/mol. The van der Waals surface area contributed by atoms with Crippen LogP contribution in [0.1, 0.15) is 5.56 Å². The Labute approximate surface area is 146 Å². The van der Waals surface area contributed by atoms with Crippen molar-refractivity contribution in [2.45, 2.75) is 6.61 Å². The molecule has 0 N–H and O–H groups in total. The van der Waals surface area contributed by atoms with Gasteiger partial charge in [0.05, 0.1) is 20.6 Å². The zero-order valence-corrected chi connectivity index (χ0v) is 13.6. The van der Waals surface area contributed by atoms with Crippen molar-refractivity contribution in [3.8, 4) is 5.75 Å². The molecule has 124 valence electrons. The first-order chi connectivity index (χ1) is 10.7. The topological polar surface area (TPSA) is 9.23 Å². The van der Waals surface area contributed by atoms with Gasteiger partial charge in [0.15, 0.2) is 23.3 Å². The molecule has 0 saturated heterocycles. The normalized spacial score (nSPS) is 11.0. The van der Waals surface area contributed by atoms with Crippen LogP contribution in [0.25, 0.3) is 0 Å². The van der Waals surface area contributed by atoms with E-state index >= 15 is 0 Å². The Bertz CT molecular complexity index is 768. The van der Waals surface area contributed by atoms with Crippen LogP contribution in [-0.2, 0) is 6.61 Å². The van der Waals surface area contributed by atoms with Crippen LogP contribution in [-0.4, -0.2) is 0 Å². The van der Waals surface area contributed by atoms with Crippen LogP contribution in [0.15, 0.2) is 6.07 Å². The van der Waals surface area contributed by atoms with E-state index in [1.165, 1.54) is 0 Å². The summed E-state index contributed by atoms with van der Waals surface area (Å²) in [4.78, 5) is 0. The molecular weight excluding hydrogens is 409 g/mol. The standard InChI is InChI=1S/C13H3Cl4F5O/c14-4-1-5(7(16)8(17)6(4)15)23-2-3-9(18)11(20)13(22)12(21)10(3)19/h1H,2H2. The molecule has 0 spiro atoms. The molecule has 0 saturated carbocycles. The zero-order chi connectivity index (χ0) is 17.5. The molecule has 1 nitrogen and oxygen atoms in total. The molecule has 0 unspecified atom stereocenters. The summed E-state index contributed by atoms with van der Waals surface area (Å²) < 4.78 is 71.1. The number of rotatable bonds is 3. The number of benzene rings is 2. The van der Waals surface area contributed by atoms with Crippen LogP contribution in [0.4, 0.5) is 22.0 Å². The summed E-state index contributed by atoms with van der Waals surface area (Å²) in [5.41, 5.74) is -1.17. The summed E-state index contributed by atoms with van der Waals surface area (Å²) in [6, 6.07) is 1.09. The first-order valence-corrected chi connectivity index (χ1v) is 7.14. The van der Waals surface area contributed by atoms with Crippen molar-refractivity contribution in [1.29, 1.82) is 0 Å². The van der Waals surface area contributed by atoms with Gasteiger partial charge in [0.1, 0.15) is 17.4 Å². The Morgan fingerprint density at radius 1 is 0.696 bits per heavy atom. The van der Waals surface area contributed by atoms with Crippen molar-refractivity contribution in [2.75, 3.05) is 0 Å². The molecule has 0 amide bonds. The average Bonchev–Trinajstić information content (AvgIpc) is 2.53. The third-order valence-electron chi connectivity index (χ3n) is 2.74. The van der Waals surface area contributed by atoms with Gasteiger partial charge in [-0.15, -0.1) is 0 Å². The SMILES string of the molecule is Fc1c(F)c(F)c(COc2cc(Cl)c(Cl)c(Cl)c2Cl)c(F)c1F. The molecule has 0 aliphatic rings. The summed E-state index contributed by atoms with van der Waals surface area (Å²) in [6.45, 7) is -1.00. The van der Waals surface area contributed by atoms with E-state index in [1.807, 2.05) is 0 Å². The van der Waals surface area contributed by atoms with E-state index < -0.39 is 41.3 Å². The summed E-state index contributed by atoms with van der Waals surface area (Å²) in [7, 11) is 0. The lowest BCUT2D eigenvalue weighted by molar-refractivity contribution is 0.279. The molecule has 0 fully saturated rings. The Morgan fingerprint density at radius 2 is 1.17 bits per heavy atom. The van der Waals surface area contributed by atoms with E-state index in [4.69, 9.17) is 51.1 Å². The van der Waals surface area contributed by atoms with Gasteiger partial charge in [-0.05, 0) is 0 Å². The molecule has 0 radical (unpaired) electrons. The largest absolute Gasteiger partial charge is 0.487 e. The Hall–Kier alpha value is -0.950. The van der Waals surface area contributed by atoms with Crippen LogP contribution < -0.4 is 4.74 Å². The fraction of sp³-hybridized carbons (Fsp3) is 0.0769. The third-order valence-corrected chi connectivity index (χ3v) is 4.48. The van der Waals surface area contributed by atoms with Crippen LogP contribution >= 0.6 is 46.4 Å². The molecule has 0 aliphatic carbocycles. The highest BCUT2D eigenvalue weighted by Crippen LogP contribution is 2.42. The number of ether oxygens (including phenoxy) is 1. The van der Waals surface area contributed by atoms with Crippen molar-refractivity contribution < 1.29 is 26.7 Å². The first kappa shape index (κ1) is 18.4. The molecule has 23 heavy (non-hydrogen) atoms. The summed E-state index contributed by atoms with van der Waals surface area (Å²) in [5.74, 6) is -10.7. The van der Waals surface area contributed by atoms with Gasteiger partial charge in [0.2, 0.25) is 5.82 Å². The third kappa shape index (κ3) is 3.31. The summed E-state index contributed by atoms with van der Waals surface area (Å²) >= 11 is 23.0. The van der Waals surface area contributed by atoms with Crippen LogP contribution in [0.3, 0.4) is 0 Å². The van der Waals surface area contributed by atoms with Gasteiger partial charge >= 0.3 is 0 Å². The first-order valence-electron chi connectivity index (χ1n) is 5.62. The summed E-state index contributed by atoms with van der Waals surface area (Å²) in [6.07, 6.45) is 0. The maximum absolute atomic E-state index is 13.5. The minimum atomic E-state index is -2.26. The minimum absolute atomic E-state index is 0.0755. The minimum Gasteiger partial charge on any atom is -0.487 e. The Morgan fingerprint density at radius 3 is 1.70 bits per heavy atom. The molecule has 2 aromatic rings. The van der Waals surface area contributed by atoms with Crippen molar-refractivity contribution in [3.63, 3.8) is 0 Å². The van der Waals surface area contributed by atoms with Gasteiger partial charge in [0, 0.05) is 6.07 Å². The van der Waals surface area contributed by atoms with Crippen molar-refractivity contribution in [2.24, 2.45) is 0 Å². The Kier molecular flexibility index (Phi) is 5.51. The van der Waals surface area contributed by atoms with E-state index in [0.717, 1.165) is 6.07 Å². The molecule has 10 heteroatoms. The number of hydrogen-bond acceptors (Lipinski definition) is 1. The highest BCUT2D eigenvalue weighted by atomic mass is 35.5. The number of halogens is 9. The maximum atomic E-state index is 13.5. The zero-order valence-electron chi connectivity index (χ0n) is 10.6. The highest BCUT2D eigenvalue weighted by Gasteiger charge is 2.26. The molecule has 0 aromatic heterocycles. The van der Waals surface area contributed by atoms with Gasteiger partial charge in [-0.2, -0.15) is 0 Å². The lowest BCUT2D eigenvalue weighted by atomic mass is 10.2. The number of hydrogen-bond donors (Lipinski definition) is 0. The van der Waals surface area contributed by atoms with Crippen LogP contribution in [0, 0.1) is 29.1 Å². The van der Waals surface area contributed by atoms with Crippen molar-refractivity contribution in [1.82, 2.24) is 0 Å². The molecule has 0 bridgehead atoms. The van der Waals surface area contributed by atoms with E-state index in [9.17, 15) is 22.0 Å². The smallest absolute Gasteiger partial charge is 0.200 e. The predicted octanol–water partition coefficient (Wildman–Crippen LogP) is 6.57. The van der Waals surface area contributed by atoms with Crippen molar-refractivity contribution >= 4 is 46.4 Å². The molecular formula is C13H3Cl4F5O. The van der Waals surface area contributed by atoms with Gasteiger partial charge in [-0.3, -0.25) is 0 Å². The van der Waals surface area contributed by atoms with Crippen LogP contribution in [0.2, 0.25) is 20.1 Å². The molecule has 0 aliphatic heterocycles. The average molecular weight is 412 g/mol. The van der Waals surface area contributed by atoms with E-state index in [-0.39, 0.29) is 25.8 Å². The molecule has 2 rings (SSSR count). The lowest BCUT2D eigenvalue weighted by Gasteiger charge is -2.13. The van der Waals surface area contributed by atoms with Gasteiger partial charge < -0.3 is 4.74 Å².